The highest BCUT2D eigenvalue weighted by atomic mass is 35.5. The summed E-state index contributed by atoms with van der Waals surface area (Å²) in [5.74, 6) is 0.252. The lowest BCUT2D eigenvalue weighted by Gasteiger charge is -2.29. The van der Waals surface area contributed by atoms with Crippen molar-refractivity contribution in [3.8, 4) is 16.8 Å². The maximum Gasteiger partial charge on any atom is 0.273 e. The standard InChI is InChI=1S/C22H25N5O.ClH/c1-15-14-23-13-12-20(15)24-22(28)21-16(2)27(26-25-21)19-10-8-18(9-11-19)17-6-4-3-5-7-17;/h3-11,15,20,23H,12-14H2,1-2H3,(H,24,28);1H. The minimum absolute atomic E-state index is 0. The Morgan fingerprint density at radius 3 is 2.48 bits per heavy atom. The number of amides is 1. The van der Waals surface area contributed by atoms with Crippen LogP contribution in [0.1, 0.15) is 29.5 Å². The molecule has 6 nitrogen and oxygen atoms in total. The van der Waals surface area contributed by atoms with Crippen LogP contribution in [0.15, 0.2) is 54.6 Å². The minimum atomic E-state index is -0.150. The molecule has 0 spiro atoms. The van der Waals surface area contributed by atoms with Crippen LogP contribution in [0, 0.1) is 12.8 Å². The Balaban J connectivity index is 0.00000240. The van der Waals surface area contributed by atoms with E-state index in [0.29, 0.717) is 11.6 Å². The fourth-order valence-corrected chi connectivity index (χ4v) is 3.68. The van der Waals surface area contributed by atoms with E-state index < -0.39 is 0 Å². The average molecular weight is 412 g/mol. The lowest BCUT2D eigenvalue weighted by atomic mass is 9.95. The van der Waals surface area contributed by atoms with Crippen molar-refractivity contribution in [2.45, 2.75) is 26.3 Å². The third kappa shape index (κ3) is 4.49. The van der Waals surface area contributed by atoms with Crippen LogP contribution in [0.4, 0.5) is 0 Å². The van der Waals surface area contributed by atoms with Gasteiger partial charge in [0.2, 0.25) is 0 Å². The molecule has 1 aliphatic rings. The molecule has 1 aliphatic heterocycles. The normalized spacial score (nSPS) is 18.7. The van der Waals surface area contributed by atoms with Gasteiger partial charge in [0.05, 0.1) is 11.4 Å². The number of hydrogen-bond donors (Lipinski definition) is 2. The van der Waals surface area contributed by atoms with Crippen molar-refractivity contribution >= 4 is 18.3 Å². The largest absolute Gasteiger partial charge is 0.347 e. The number of aromatic nitrogens is 3. The topological polar surface area (TPSA) is 71.8 Å². The Morgan fingerprint density at radius 1 is 1.10 bits per heavy atom. The van der Waals surface area contributed by atoms with E-state index in [1.54, 1.807) is 4.68 Å². The van der Waals surface area contributed by atoms with E-state index in [1.165, 1.54) is 5.56 Å². The molecule has 4 rings (SSSR count). The van der Waals surface area contributed by atoms with Crippen LogP contribution in [0.5, 0.6) is 0 Å². The number of hydrogen-bond acceptors (Lipinski definition) is 4. The van der Waals surface area contributed by atoms with Gasteiger partial charge in [0.15, 0.2) is 5.69 Å². The van der Waals surface area contributed by atoms with E-state index >= 15 is 0 Å². The quantitative estimate of drug-likeness (QED) is 0.690. The Morgan fingerprint density at radius 2 is 1.79 bits per heavy atom. The van der Waals surface area contributed by atoms with Crippen LogP contribution in [-0.2, 0) is 0 Å². The molecule has 0 saturated carbocycles. The van der Waals surface area contributed by atoms with Gasteiger partial charge in [0.25, 0.3) is 5.91 Å². The Labute approximate surface area is 177 Å². The molecule has 0 radical (unpaired) electrons. The highest BCUT2D eigenvalue weighted by molar-refractivity contribution is 5.93. The molecule has 2 atom stereocenters. The molecular weight excluding hydrogens is 386 g/mol. The summed E-state index contributed by atoms with van der Waals surface area (Å²) in [5.41, 5.74) is 4.32. The summed E-state index contributed by atoms with van der Waals surface area (Å²) in [6, 6.07) is 18.5. The van der Waals surface area contributed by atoms with Gasteiger partial charge in [-0.1, -0.05) is 54.6 Å². The number of halogens is 1. The fourth-order valence-electron chi connectivity index (χ4n) is 3.68. The van der Waals surface area contributed by atoms with Gasteiger partial charge in [0, 0.05) is 6.04 Å². The minimum Gasteiger partial charge on any atom is -0.347 e. The van der Waals surface area contributed by atoms with Crippen LogP contribution in [0.2, 0.25) is 0 Å². The molecule has 1 amide bonds. The van der Waals surface area contributed by atoms with Gasteiger partial charge in [0.1, 0.15) is 0 Å². The van der Waals surface area contributed by atoms with E-state index in [4.69, 9.17) is 0 Å². The molecule has 2 unspecified atom stereocenters. The second-order valence-electron chi connectivity index (χ2n) is 7.40. The van der Waals surface area contributed by atoms with Crippen molar-refractivity contribution in [3.63, 3.8) is 0 Å². The number of benzene rings is 2. The van der Waals surface area contributed by atoms with Crippen molar-refractivity contribution in [2.24, 2.45) is 5.92 Å². The maximum absolute atomic E-state index is 12.7. The molecule has 152 valence electrons. The molecule has 1 aromatic heterocycles. The van der Waals surface area contributed by atoms with E-state index in [2.05, 4.69) is 52.1 Å². The zero-order chi connectivity index (χ0) is 19.5. The second kappa shape index (κ2) is 9.20. The van der Waals surface area contributed by atoms with Crippen LogP contribution >= 0.6 is 12.4 Å². The maximum atomic E-state index is 12.7. The number of piperidine rings is 1. The summed E-state index contributed by atoms with van der Waals surface area (Å²) in [6.45, 7) is 5.88. The van der Waals surface area contributed by atoms with E-state index in [9.17, 15) is 4.79 Å². The van der Waals surface area contributed by atoms with E-state index in [1.807, 2.05) is 37.3 Å². The van der Waals surface area contributed by atoms with Gasteiger partial charge in [-0.3, -0.25) is 4.79 Å². The molecule has 3 aromatic rings. The molecule has 1 saturated heterocycles. The molecule has 29 heavy (non-hydrogen) atoms. The summed E-state index contributed by atoms with van der Waals surface area (Å²) in [4.78, 5) is 12.7. The molecule has 0 bridgehead atoms. The lowest BCUT2D eigenvalue weighted by Crippen LogP contribution is -2.48. The molecule has 7 heteroatoms. The van der Waals surface area contributed by atoms with Gasteiger partial charge < -0.3 is 10.6 Å². The lowest BCUT2D eigenvalue weighted by molar-refractivity contribution is 0.0908. The Hall–Kier alpha value is -2.70. The van der Waals surface area contributed by atoms with Crippen molar-refractivity contribution in [1.29, 1.82) is 0 Å². The smallest absolute Gasteiger partial charge is 0.273 e. The predicted octanol–water partition coefficient (Wildman–Crippen LogP) is 3.39. The molecule has 2 N–H and O–H groups in total. The zero-order valence-electron chi connectivity index (χ0n) is 16.6. The first-order chi connectivity index (χ1) is 13.6. The molecule has 0 aliphatic carbocycles. The van der Waals surface area contributed by atoms with E-state index in [-0.39, 0.29) is 24.4 Å². The average Bonchev–Trinajstić information content (AvgIpc) is 3.12. The zero-order valence-corrected chi connectivity index (χ0v) is 17.4. The van der Waals surface area contributed by atoms with Crippen LogP contribution in [0.3, 0.4) is 0 Å². The number of nitrogens with one attached hydrogen (secondary N) is 2. The van der Waals surface area contributed by atoms with Gasteiger partial charge in [-0.05, 0) is 55.6 Å². The Bertz CT molecular complexity index is 955. The first kappa shape index (κ1) is 21.0. The summed E-state index contributed by atoms with van der Waals surface area (Å²) in [6.07, 6.45) is 0.932. The Kier molecular flexibility index (Phi) is 6.67. The third-order valence-corrected chi connectivity index (χ3v) is 5.43. The molecule has 2 aromatic carbocycles. The van der Waals surface area contributed by atoms with Gasteiger partial charge in [-0.15, -0.1) is 17.5 Å². The highest BCUT2D eigenvalue weighted by Crippen LogP contribution is 2.21. The predicted molar refractivity (Wildman–Crippen MR) is 117 cm³/mol. The molecule has 2 heterocycles. The van der Waals surface area contributed by atoms with Crippen molar-refractivity contribution in [3.05, 3.63) is 66.0 Å². The highest BCUT2D eigenvalue weighted by Gasteiger charge is 2.25. The summed E-state index contributed by atoms with van der Waals surface area (Å²) in [5, 5.41) is 14.8. The fraction of sp³-hybridized carbons (Fsp3) is 0.318. The number of carbonyl (C=O) groups is 1. The SMILES string of the molecule is Cc1c(C(=O)NC2CCNCC2C)nnn1-c1ccc(-c2ccccc2)cc1.Cl. The van der Waals surface area contributed by atoms with E-state index in [0.717, 1.165) is 36.5 Å². The number of carbonyl (C=O) groups excluding carboxylic acids is 1. The van der Waals surface area contributed by atoms with Crippen LogP contribution in [0.25, 0.3) is 16.8 Å². The monoisotopic (exact) mass is 411 g/mol. The molecule has 1 fully saturated rings. The number of nitrogens with zero attached hydrogens (tertiary/aromatic N) is 3. The summed E-state index contributed by atoms with van der Waals surface area (Å²) < 4.78 is 1.72. The second-order valence-corrected chi connectivity index (χ2v) is 7.40. The summed E-state index contributed by atoms with van der Waals surface area (Å²) in [7, 11) is 0. The number of rotatable bonds is 4. The van der Waals surface area contributed by atoms with Gasteiger partial charge >= 0.3 is 0 Å². The van der Waals surface area contributed by atoms with Crippen LogP contribution < -0.4 is 10.6 Å². The van der Waals surface area contributed by atoms with Crippen molar-refractivity contribution in [2.75, 3.05) is 13.1 Å². The molecular formula is C22H26ClN5O. The first-order valence-electron chi connectivity index (χ1n) is 9.73. The van der Waals surface area contributed by atoms with Gasteiger partial charge in [-0.2, -0.15) is 0 Å². The van der Waals surface area contributed by atoms with Gasteiger partial charge in [-0.25, -0.2) is 4.68 Å². The summed E-state index contributed by atoms with van der Waals surface area (Å²) >= 11 is 0. The third-order valence-electron chi connectivity index (χ3n) is 5.43. The van der Waals surface area contributed by atoms with Crippen molar-refractivity contribution < 1.29 is 4.79 Å². The van der Waals surface area contributed by atoms with Crippen molar-refractivity contribution in [1.82, 2.24) is 25.6 Å². The van der Waals surface area contributed by atoms with Crippen LogP contribution in [-0.4, -0.2) is 40.0 Å². The first-order valence-corrected chi connectivity index (χ1v) is 9.73.